The van der Waals surface area contributed by atoms with Gasteiger partial charge >= 0.3 is 6.18 Å². The largest absolute Gasteiger partial charge is 0.393 e. The van der Waals surface area contributed by atoms with Crippen LogP contribution in [0, 0.1) is 17.3 Å². The van der Waals surface area contributed by atoms with E-state index < -0.39 is 17.5 Å². The molecule has 1 aliphatic heterocycles. The summed E-state index contributed by atoms with van der Waals surface area (Å²) >= 11 is 0. The number of hydrogen-bond donors (Lipinski definition) is 0. The Labute approximate surface area is 95.3 Å². The summed E-state index contributed by atoms with van der Waals surface area (Å²) in [6.07, 6.45) is -1.52. The molecule has 0 spiro atoms. The van der Waals surface area contributed by atoms with E-state index in [9.17, 15) is 13.2 Å². The number of nitrogens with zero attached hydrogens (tertiary/aromatic N) is 1. The van der Waals surface area contributed by atoms with Gasteiger partial charge in [0.25, 0.3) is 0 Å². The minimum absolute atomic E-state index is 0.208. The molecule has 94 valence electrons. The second kappa shape index (κ2) is 4.38. The fourth-order valence-corrected chi connectivity index (χ4v) is 2.93. The second-order valence-corrected chi connectivity index (χ2v) is 5.60. The monoisotopic (exact) mass is 236 g/mol. The van der Waals surface area contributed by atoms with E-state index in [1.807, 2.05) is 25.5 Å². The Hall–Kier alpha value is -0.540. The fourth-order valence-electron chi connectivity index (χ4n) is 2.93. The Balaban J connectivity index is 3.01. The molecule has 0 amide bonds. The van der Waals surface area contributed by atoms with Crippen molar-refractivity contribution in [2.24, 2.45) is 17.3 Å². The van der Waals surface area contributed by atoms with Crippen LogP contribution in [-0.2, 0) is 0 Å². The van der Waals surface area contributed by atoms with Crippen molar-refractivity contribution in [3.05, 3.63) is 0 Å². The van der Waals surface area contributed by atoms with Crippen molar-refractivity contribution >= 4 is 6.21 Å². The lowest BCUT2D eigenvalue weighted by molar-refractivity contribution is -0.508. The Bertz CT molecular complexity index is 280. The molecular weight excluding hydrogens is 215 g/mol. The van der Waals surface area contributed by atoms with Gasteiger partial charge in [0, 0.05) is 6.42 Å². The topological polar surface area (TPSA) is 3.01 Å². The summed E-state index contributed by atoms with van der Waals surface area (Å²) in [5.41, 5.74) is -0.751. The second-order valence-electron chi connectivity index (χ2n) is 5.60. The molecule has 0 radical (unpaired) electrons. The van der Waals surface area contributed by atoms with E-state index in [1.165, 1.54) is 0 Å². The molecule has 1 heterocycles. The molecular formula is C12H21F3N+. The lowest BCUT2D eigenvalue weighted by Crippen LogP contribution is -2.46. The average Bonchev–Trinajstić information content (AvgIpc) is 1.97. The lowest BCUT2D eigenvalue weighted by Gasteiger charge is -2.37. The van der Waals surface area contributed by atoms with Gasteiger partial charge in [0.05, 0.1) is 11.3 Å². The summed E-state index contributed by atoms with van der Waals surface area (Å²) in [6.45, 7) is 6.18. The minimum atomic E-state index is -4.08. The van der Waals surface area contributed by atoms with Crippen molar-refractivity contribution in [1.82, 2.24) is 0 Å². The van der Waals surface area contributed by atoms with Crippen LogP contribution in [0.3, 0.4) is 0 Å². The number of alkyl halides is 3. The first-order valence-corrected chi connectivity index (χ1v) is 5.78. The smallest absolute Gasteiger partial charge is 0.242 e. The van der Waals surface area contributed by atoms with E-state index in [-0.39, 0.29) is 12.3 Å². The van der Waals surface area contributed by atoms with Gasteiger partial charge in [0.2, 0.25) is 0 Å². The van der Waals surface area contributed by atoms with E-state index in [2.05, 4.69) is 0 Å². The number of rotatable bonds is 2. The summed E-state index contributed by atoms with van der Waals surface area (Å²) in [5.74, 6) is -0.920. The Kier molecular flexibility index (Phi) is 3.70. The van der Waals surface area contributed by atoms with Crippen molar-refractivity contribution in [3.63, 3.8) is 0 Å². The summed E-state index contributed by atoms with van der Waals surface area (Å²) < 4.78 is 40.8. The van der Waals surface area contributed by atoms with Gasteiger partial charge in [-0.15, -0.1) is 0 Å². The molecule has 0 fully saturated rings. The van der Waals surface area contributed by atoms with Crippen LogP contribution in [0.15, 0.2) is 0 Å². The zero-order valence-corrected chi connectivity index (χ0v) is 10.4. The predicted molar refractivity (Wildman–Crippen MR) is 58.8 cm³/mol. The fraction of sp³-hybridized carbons (Fsp3) is 0.917. The maximum absolute atomic E-state index is 13.0. The van der Waals surface area contributed by atoms with Crippen LogP contribution in [0.2, 0.25) is 0 Å². The Morgan fingerprint density at radius 1 is 1.44 bits per heavy atom. The van der Waals surface area contributed by atoms with Crippen LogP contribution in [0.1, 0.15) is 33.6 Å². The van der Waals surface area contributed by atoms with Gasteiger partial charge < -0.3 is 0 Å². The molecule has 16 heavy (non-hydrogen) atoms. The number of hydrogen-bond acceptors (Lipinski definition) is 0. The van der Waals surface area contributed by atoms with Gasteiger partial charge in [0.15, 0.2) is 0 Å². The highest BCUT2D eigenvalue weighted by Crippen LogP contribution is 2.45. The molecule has 1 nitrogen and oxygen atoms in total. The average molecular weight is 236 g/mol. The summed E-state index contributed by atoms with van der Waals surface area (Å²) in [6, 6.07) is 0. The van der Waals surface area contributed by atoms with Crippen molar-refractivity contribution in [2.75, 3.05) is 13.6 Å². The maximum Gasteiger partial charge on any atom is 0.393 e. The molecule has 1 rings (SSSR count). The molecule has 4 heteroatoms. The first-order chi connectivity index (χ1) is 7.15. The highest BCUT2D eigenvalue weighted by Gasteiger charge is 2.53. The maximum atomic E-state index is 13.0. The molecule has 0 aromatic carbocycles. The zero-order valence-electron chi connectivity index (χ0n) is 10.4. The van der Waals surface area contributed by atoms with E-state index >= 15 is 0 Å². The Morgan fingerprint density at radius 2 is 2.00 bits per heavy atom. The molecule has 0 saturated heterocycles. The van der Waals surface area contributed by atoms with Crippen molar-refractivity contribution in [1.29, 1.82) is 0 Å². The first-order valence-electron chi connectivity index (χ1n) is 5.78. The SMILES string of the molecule is CC(C)C[C@]1(C)C=[N+](C)CC[C@@H]1C(F)(F)F. The highest BCUT2D eigenvalue weighted by atomic mass is 19.4. The molecule has 0 aliphatic carbocycles. The van der Waals surface area contributed by atoms with Gasteiger partial charge in [-0.05, 0) is 19.3 Å². The molecule has 0 saturated carbocycles. The number of halogens is 3. The van der Waals surface area contributed by atoms with E-state index in [0.717, 1.165) is 0 Å². The van der Waals surface area contributed by atoms with Gasteiger partial charge in [-0.1, -0.05) is 13.8 Å². The lowest BCUT2D eigenvalue weighted by atomic mass is 9.69. The summed E-state index contributed by atoms with van der Waals surface area (Å²) in [5, 5.41) is 0. The summed E-state index contributed by atoms with van der Waals surface area (Å²) in [4.78, 5) is 0. The van der Waals surface area contributed by atoms with E-state index in [4.69, 9.17) is 0 Å². The van der Waals surface area contributed by atoms with Gasteiger partial charge in [0.1, 0.15) is 19.8 Å². The third-order valence-electron chi connectivity index (χ3n) is 3.33. The molecule has 0 aromatic rings. The van der Waals surface area contributed by atoms with Crippen LogP contribution in [0.25, 0.3) is 0 Å². The van der Waals surface area contributed by atoms with Crippen LogP contribution >= 0.6 is 0 Å². The first kappa shape index (κ1) is 13.5. The molecule has 1 aliphatic rings. The molecule has 0 unspecified atom stereocenters. The van der Waals surface area contributed by atoms with Crippen LogP contribution in [-0.4, -0.2) is 30.6 Å². The van der Waals surface area contributed by atoms with Gasteiger partial charge in [-0.3, -0.25) is 0 Å². The molecule has 0 bridgehead atoms. The normalized spacial score (nSPS) is 31.8. The third-order valence-corrected chi connectivity index (χ3v) is 3.33. The van der Waals surface area contributed by atoms with Crippen molar-refractivity contribution < 1.29 is 17.7 Å². The summed E-state index contributed by atoms with van der Waals surface area (Å²) in [7, 11) is 1.85. The Morgan fingerprint density at radius 3 is 2.44 bits per heavy atom. The van der Waals surface area contributed by atoms with Gasteiger partial charge in [-0.2, -0.15) is 13.2 Å². The van der Waals surface area contributed by atoms with Gasteiger partial charge in [-0.25, -0.2) is 4.58 Å². The molecule has 2 atom stereocenters. The van der Waals surface area contributed by atoms with Crippen molar-refractivity contribution in [2.45, 2.75) is 39.8 Å². The minimum Gasteiger partial charge on any atom is -0.242 e. The predicted octanol–water partition coefficient (Wildman–Crippen LogP) is 3.33. The van der Waals surface area contributed by atoms with Crippen molar-refractivity contribution in [3.8, 4) is 0 Å². The van der Waals surface area contributed by atoms with E-state index in [0.29, 0.717) is 13.0 Å². The standard InChI is InChI=1S/C12H21F3N/c1-9(2)7-11(3)8-16(4)6-5-10(11)12(13,14)15/h8-10H,5-7H2,1-4H3/q+1/t10-,11+/m0/s1. The quantitative estimate of drug-likeness (QED) is 0.647. The third kappa shape index (κ3) is 2.98. The molecule has 0 aromatic heterocycles. The van der Waals surface area contributed by atoms with E-state index in [1.54, 1.807) is 13.1 Å². The van der Waals surface area contributed by atoms with Crippen LogP contribution < -0.4 is 0 Å². The van der Waals surface area contributed by atoms with Crippen LogP contribution in [0.5, 0.6) is 0 Å². The zero-order chi connectivity index (χ0) is 12.6. The highest BCUT2D eigenvalue weighted by molar-refractivity contribution is 5.61. The molecule has 0 N–H and O–H groups in total. The van der Waals surface area contributed by atoms with Crippen LogP contribution in [0.4, 0.5) is 13.2 Å².